The Kier molecular flexibility index (Phi) is 9.12. The van der Waals surface area contributed by atoms with E-state index in [1.54, 1.807) is 0 Å². The number of hydrogen-bond acceptors (Lipinski definition) is 6. The highest BCUT2D eigenvalue weighted by molar-refractivity contribution is 6.31. The average molecular weight is 511 g/mol. The summed E-state index contributed by atoms with van der Waals surface area (Å²) in [5.41, 5.74) is 2.67. The summed E-state index contributed by atoms with van der Waals surface area (Å²) in [5.74, 6) is -1.78. The Labute approximate surface area is 206 Å². The summed E-state index contributed by atoms with van der Waals surface area (Å²) in [6.45, 7) is 6.03. The smallest absolute Gasteiger partial charge is 0.422 e. The molecule has 0 saturated carbocycles. The van der Waals surface area contributed by atoms with Gasteiger partial charge in [-0.15, -0.1) is 0 Å². The van der Waals surface area contributed by atoms with Crippen LogP contribution in [0.25, 0.3) is 0 Å². The first kappa shape index (κ1) is 27.9. The van der Waals surface area contributed by atoms with Crippen LogP contribution in [0.2, 0.25) is 5.02 Å². The van der Waals surface area contributed by atoms with Crippen molar-refractivity contribution in [2.45, 2.75) is 38.1 Å². The van der Waals surface area contributed by atoms with Gasteiger partial charge in [-0.3, -0.25) is 4.98 Å². The van der Waals surface area contributed by atoms with E-state index in [2.05, 4.69) is 16.3 Å². The van der Waals surface area contributed by atoms with Crippen LogP contribution in [0.5, 0.6) is 5.75 Å². The van der Waals surface area contributed by atoms with E-state index in [-0.39, 0.29) is 28.6 Å². The van der Waals surface area contributed by atoms with Gasteiger partial charge in [0.05, 0.1) is 18.4 Å². The number of hydrogen-bond donors (Lipinski definition) is 2. The molecule has 10 heteroatoms. The van der Waals surface area contributed by atoms with E-state index >= 15 is 0 Å². The minimum Gasteiger partial charge on any atom is -0.487 e. The lowest BCUT2D eigenvalue weighted by atomic mass is 9.76. The van der Waals surface area contributed by atoms with Crippen molar-refractivity contribution in [2.24, 2.45) is 5.73 Å². The van der Waals surface area contributed by atoms with Crippen molar-refractivity contribution in [2.75, 3.05) is 7.11 Å². The second kappa shape index (κ2) is 11.4. The Morgan fingerprint density at radius 2 is 2.00 bits per heavy atom. The maximum absolute atomic E-state index is 14.2. The fourth-order valence-corrected chi connectivity index (χ4v) is 3.78. The van der Waals surface area contributed by atoms with Gasteiger partial charge in [0.1, 0.15) is 12.4 Å². The first-order valence-corrected chi connectivity index (χ1v) is 10.7. The van der Waals surface area contributed by atoms with Gasteiger partial charge in [-0.2, -0.15) is 13.2 Å². The molecule has 0 radical (unpaired) electrons. The number of carbonyl (C=O) groups is 1. The minimum absolute atomic E-state index is 0.0324. The van der Waals surface area contributed by atoms with Crippen LogP contribution in [-0.4, -0.2) is 34.9 Å². The lowest BCUT2D eigenvalue weighted by Gasteiger charge is -2.37. The van der Waals surface area contributed by atoms with Crippen LogP contribution in [-0.2, 0) is 11.3 Å². The Hall–Kier alpha value is -3.30. The molecule has 2 aromatic rings. The predicted octanol–water partition coefficient (Wildman–Crippen LogP) is 5.47. The number of methoxy groups -OCH3 is 1. The van der Waals surface area contributed by atoms with Crippen LogP contribution in [0.3, 0.4) is 0 Å². The number of halogens is 4. The Morgan fingerprint density at radius 1 is 1.31 bits per heavy atom. The molecule has 0 aliphatic rings. The standard InChI is InChI=1S/C25H26ClF3N2O4/c1-5-6-18(11-15(2)30)24(33,25(27,28)29)16(3)21-8-7-20(13-22(21)26)35-14-19-12-17(9-10-31-19)23(32)34-4/h5-13,16,33H,1,14,30H2,2-4H3/b15-11-,18-6+. The number of carbonyl (C=O) groups excluding carboxylic acids is 1. The summed E-state index contributed by atoms with van der Waals surface area (Å²) in [5, 5.41) is 10.9. The largest absolute Gasteiger partial charge is 0.487 e. The summed E-state index contributed by atoms with van der Waals surface area (Å²) >= 11 is 6.32. The third kappa shape index (κ3) is 6.43. The molecule has 1 aromatic carbocycles. The van der Waals surface area contributed by atoms with Gasteiger partial charge in [0.25, 0.3) is 0 Å². The number of aliphatic hydroxyl groups is 1. The molecular weight excluding hydrogens is 485 g/mol. The first-order valence-electron chi connectivity index (χ1n) is 10.4. The van der Waals surface area contributed by atoms with Crippen molar-refractivity contribution in [1.29, 1.82) is 0 Å². The fraction of sp³-hybridized carbons (Fsp3) is 0.280. The Bertz CT molecular complexity index is 1140. The van der Waals surface area contributed by atoms with Gasteiger partial charge in [0.15, 0.2) is 5.60 Å². The number of pyridine rings is 1. The summed E-state index contributed by atoms with van der Waals surface area (Å²) in [4.78, 5) is 15.8. The number of allylic oxidation sites excluding steroid dienone is 3. The maximum Gasteiger partial charge on any atom is 0.422 e. The molecule has 35 heavy (non-hydrogen) atoms. The van der Waals surface area contributed by atoms with E-state index in [4.69, 9.17) is 22.1 Å². The minimum atomic E-state index is -5.05. The monoisotopic (exact) mass is 510 g/mol. The van der Waals surface area contributed by atoms with Crippen LogP contribution in [0.1, 0.15) is 41.4 Å². The zero-order valence-electron chi connectivity index (χ0n) is 19.4. The van der Waals surface area contributed by atoms with Gasteiger partial charge in [-0.1, -0.05) is 43.3 Å². The number of nitrogens with zero attached hydrogens (tertiary/aromatic N) is 1. The molecule has 0 fully saturated rings. The molecule has 2 atom stereocenters. The van der Waals surface area contributed by atoms with E-state index in [9.17, 15) is 23.1 Å². The Morgan fingerprint density at radius 3 is 2.54 bits per heavy atom. The van der Waals surface area contributed by atoms with Gasteiger partial charge in [-0.05, 0) is 48.4 Å². The van der Waals surface area contributed by atoms with E-state index in [1.807, 2.05) is 0 Å². The van der Waals surface area contributed by atoms with Crippen molar-refractivity contribution >= 4 is 17.6 Å². The molecule has 0 saturated heterocycles. The zero-order chi connectivity index (χ0) is 26.4. The quantitative estimate of drug-likeness (QED) is 0.343. The number of rotatable bonds is 9. The van der Waals surface area contributed by atoms with Crippen molar-refractivity contribution in [3.63, 3.8) is 0 Å². The number of alkyl halides is 3. The lowest BCUT2D eigenvalue weighted by molar-refractivity contribution is -0.250. The fourth-order valence-electron chi connectivity index (χ4n) is 3.45. The molecule has 0 amide bonds. The van der Waals surface area contributed by atoms with Crippen LogP contribution >= 0.6 is 11.6 Å². The van der Waals surface area contributed by atoms with Gasteiger partial charge in [-0.25, -0.2) is 4.79 Å². The zero-order valence-corrected chi connectivity index (χ0v) is 20.2. The van der Waals surface area contributed by atoms with Crippen LogP contribution in [0, 0.1) is 0 Å². The van der Waals surface area contributed by atoms with Crippen molar-refractivity contribution in [3.8, 4) is 5.75 Å². The van der Waals surface area contributed by atoms with E-state index < -0.39 is 29.2 Å². The normalized spacial score (nSPS) is 15.2. The molecule has 0 aliphatic carbocycles. The van der Waals surface area contributed by atoms with Crippen LogP contribution in [0.4, 0.5) is 13.2 Å². The van der Waals surface area contributed by atoms with E-state index in [0.717, 1.165) is 18.2 Å². The van der Waals surface area contributed by atoms with Gasteiger partial charge in [0.2, 0.25) is 0 Å². The maximum atomic E-state index is 14.2. The van der Waals surface area contributed by atoms with Crippen molar-refractivity contribution in [1.82, 2.24) is 4.98 Å². The highest BCUT2D eigenvalue weighted by Crippen LogP contribution is 2.48. The molecule has 3 N–H and O–H groups in total. The van der Waals surface area contributed by atoms with Gasteiger partial charge < -0.3 is 20.3 Å². The van der Waals surface area contributed by atoms with E-state index in [1.165, 1.54) is 57.5 Å². The molecule has 2 rings (SSSR count). The number of esters is 1. The second-order valence-corrected chi connectivity index (χ2v) is 8.14. The summed E-state index contributed by atoms with van der Waals surface area (Å²) in [6.07, 6.45) is -0.387. The molecule has 2 unspecified atom stereocenters. The number of nitrogens with two attached hydrogens (primary N) is 1. The summed E-state index contributed by atoms with van der Waals surface area (Å²) in [6, 6.07) is 7.10. The van der Waals surface area contributed by atoms with Gasteiger partial charge >= 0.3 is 12.1 Å². The number of benzene rings is 1. The Balaban J connectivity index is 2.36. The van der Waals surface area contributed by atoms with Crippen molar-refractivity contribution in [3.05, 3.63) is 94.4 Å². The summed E-state index contributed by atoms with van der Waals surface area (Å²) < 4.78 is 52.9. The summed E-state index contributed by atoms with van der Waals surface area (Å²) in [7, 11) is 1.26. The van der Waals surface area contributed by atoms with E-state index in [0.29, 0.717) is 11.3 Å². The SMILES string of the molecule is C=C/C=C(\C=C(\C)N)C(O)(C(C)c1ccc(OCc2cc(C(=O)OC)ccn2)cc1Cl)C(F)(F)F. The highest BCUT2D eigenvalue weighted by atomic mass is 35.5. The average Bonchev–Trinajstić information content (AvgIpc) is 2.80. The molecule has 1 heterocycles. The lowest BCUT2D eigenvalue weighted by Crippen LogP contribution is -2.50. The third-order valence-electron chi connectivity index (χ3n) is 5.24. The van der Waals surface area contributed by atoms with Crippen LogP contribution < -0.4 is 10.5 Å². The molecule has 1 aromatic heterocycles. The number of ether oxygens (including phenoxy) is 2. The van der Waals surface area contributed by atoms with Gasteiger partial charge in [0, 0.05) is 22.8 Å². The third-order valence-corrected chi connectivity index (χ3v) is 5.57. The molecule has 6 nitrogen and oxygen atoms in total. The van der Waals surface area contributed by atoms with Crippen LogP contribution in [0.15, 0.2) is 72.6 Å². The molecule has 188 valence electrons. The predicted molar refractivity (Wildman–Crippen MR) is 127 cm³/mol. The molecule has 0 bridgehead atoms. The number of aromatic nitrogens is 1. The molecule has 0 spiro atoms. The van der Waals surface area contributed by atoms with Crippen molar-refractivity contribution < 1.29 is 32.5 Å². The second-order valence-electron chi connectivity index (χ2n) is 7.73. The topological polar surface area (TPSA) is 94.7 Å². The highest BCUT2D eigenvalue weighted by Gasteiger charge is 2.59. The molecule has 0 aliphatic heterocycles. The molecular formula is C25H26ClF3N2O4. The first-order chi connectivity index (χ1) is 16.3.